The first-order valence-electron chi connectivity index (χ1n) is 7.91. The first kappa shape index (κ1) is 15.5. The largest absolute Gasteiger partial charge is 0.345 e. The number of amides is 2. The summed E-state index contributed by atoms with van der Waals surface area (Å²) in [6.07, 6.45) is 1.39. The van der Waals surface area contributed by atoms with E-state index >= 15 is 0 Å². The highest BCUT2D eigenvalue weighted by molar-refractivity contribution is 7.09. The lowest BCUT2D eigenvalue weighted by Gasteiger charge is -2.24. The minimum atomic E-state index is -0.138. The SMILES string of the molecule is CN1C[C@H](C(=O)N2CCCN(Cc3cccs3)CC2)CC1=O. The maximum Gasteiger partial charge on any atom is 0.228 e. The minimum absolute atomic E-state index is 0.0903. The van der Waals surface area contributed by atoms with Gasteiger partial charge in [0.25, 0.3) is 0 Å². The molecule has 1 aromatic rings. The van der Waals surface area contributed by atoms with E-state index in [2.05, 4.69) is 22.4 Å². The highest BCUT2D eigenvalue weighted by atomic mass is 32.1. The minimum Gasteiger partial charge on any atom is -0.345 e. The number of hydrogen-bond acceptors (Lipinski definition) is 4. The average molecular weight is 321 g/mol. The van der Waals surface area contributed by atoms with E-state index in [-0.39, 0.29) is 17.7 Å². The molecule has 120 valence electrons. The Morgan fingerprint density at radius 2 is 2.18 bits per heavy atom. The zero-order valence-electron chi connectivity index (χ0n) is 13.0. The van der Waals surface area contributed by atoms with E-state index in [1.54, 1.807) is 23.3 Å². The van der Waals surface area contributed by atoms with Gasteiger partial charge in [-0.2, -0.15) is 0 Å². The van der Waals surface area contributed by atoms with Crippen molar-refractivity contribution in [1.82, 2.24) is 14.7 Å². The van der Waals surface area contributed by atoms with Crippen LogP contribution in [0.25, 0.3) is 0 Å². The molecule has 1 atom stereocenters. The van der Waals surface area contributed by atoms with Gasteiger partial charge in [0.2, 0.25) is 11.8 Å². The summed E-state index contributed by atoms with van der Waals surface area (Å²) in [4.78, 5) is 31.6. The third-order valence-electron chi connectivity index (χ3n) is 4.55. The predicted octanol–water partition coefficient (Wildman–Crippen LogP) is 1.26. The zero-order valence-corrected chi connectivity index (χ0v) is 13.8. The van der Waals surface area contributed by atoms with E-state index in [0.29, 0.717) is 13.0 Å². The fraction of sp³-hybridized carbons (Fsp3) is 0.625. The Hall–Kier alpha value is -1.40. The van der Waals surface area contributed by atoms with Gasteiger partial charge in [-0.05, 0) is 17.9 Å². The van der Waals surface area contributed by atoms with Gasteiger partial charge in [-0.15, -0.1) is 11.3 Å². The monoisotopic (exact) mass is 321 g/mol. The highest BCUT2D eigenvalue weighted by Crippen LogP contribution is 2.20. The van der Waals surface area contributed by atoms with Gasteiger partial charge < -0.3 is 9.80 Å². The average Bonchev–Trinajstić information content (AvgIpc) is 3.04. The molecule has 0 unspecified atom stereocenters. The van der Waals surface area contributed by atoms with Crippen LogP contribution < -0.4 is 0 Å². The lowest BCUT2D eigenvalue weighted by Crippen LogP contribution is -2.39. The fourth-order valence-corrected chi connectivity index (χ4v) is 4.01. The number of carbonyl (C=O) groups excluding carboxylic acids is 2. The van der Waals surface area contributed by atoms with Crippen LogP contribution in [0.5, 0.6) is 0 Å². The van der Waals surface area contributed by atoms with Crippen LogP contribution in [0.3, 0.4) is 0 Å². The van der Waals surface area contributed by atoms with E-state index < -0.39 is 0 Å². The summed E-state index contributed by atoms with van der Waals surface area (Å²) in [7, 11) is 1.78. The summed E-state index contributed by atoms with van der Waals surface area (Å²) in [5, 5.41) is 2.11. The van der Waals surface area contributed by atoms with Crippen molar-refractivity contribution in [3.8, 4) is 0 Å². The van der Waals surface area contributed by atoms with Crippen molar-refractivity contribution in [2.24, 2.45) is 5.92 Å². The van der Waals surface area contributed by atoms with Crippen molar-refractivity contribution in [2.75, 3.05) is 39.8 Å². The molecule has 0 N–H and O–H groups in total. The van der Waals surface area contributed by atoms with Crippen molar-refractivity contribution < 1.29 is 9.59 Å². The van der Waals surface area contributed by atoms with E-state index in [1.807, 2.05) is 4.90 Å². The molecule has 3 rings (SSSR count). The molecule has 0 bridgehead atoms. The summed E-state index contributed by atoms with van der Waals surface area (Å²) in [6.45, 7) is 5.09. The lowest BCUT2D eigenvalue weighted by molar-refractivity contribution is -0.135. The first-order chi connectivity index (χ1) is 10.6. The fourth-order valence-electron chi connectivity index (χ4n) is 3.26. The Morgan fingerprint density at radius 1 is 1.32 bits per heavy atom. The molecule has 0 saturated carbocycles. The molecule has 6 heteroatoms. The van der Waals surface area contributed by atoms with Crippen LogP contribution in [0.1, 0.15) is 17.7 Å². The number of rotatable bonds is 3. The van der Waals surface area contributed by atoms with E-state index in [1.165, 1.54) is 4.88 Å². The second-order valence-electron chi connectivity index (χ2n) is 6.21. The number of hydrogen-bond donors (Lipinski definition) is 0. The van der Waals surface area contributed by atoms with Gasteiger partial charge in [-0.25, -0.2) is 0 Å². The number of likely N-dealkylation sites (tertiary alicyclic amines) is 1. The summed E-state index contributed by atoms with van der Waals surface area (Å²) in [5.74, 6) is 0.115. The molecule has 5 nitrogen and oxygen atoms in total. The molecular formula is C16H23N3O2S. The topological polar surface area (TPSA) is 43.9 Å². The van der Waals surface area contributed by atoms with Gasteiger partial charge in [0.05, 0.1) is 5.92 Å². The molecule has 0 radical (unpaired) electrons. The Balaban J connectivity index is 1.54. The first-order valence-corrected chi connectivity index (χ1v) is 8.79. The standard InChI is InChI=1S/C16H23N3O2S/c1-17-11-13(10-15(17)20)16(21)19-6-3-5-18(7-8-19)12-14-4-2-9-22-14/h2,4,9,13H,3,5-8,10-12H2,1H3/t13-/m1/s1. The Labute approximate surface area is 135 Å². The third kappa shape index (κ3) is 3.50. The number of nitrogens with zero attached hydrogens (tertiary/aromatic N) is 3. The summed E-state index contributed by atoms with van der Waals surface area (Å²) < 4.78 is 0. The molecule has 3 heterocycles. The van der Waals surface area contributed by atoms with Crippen LogP contribution >= 0.6 is 11.3 Å². The van der Waals surface area contributed by atoms with Gasteiger partial charge in [0, 0.05) is 57.6 Å². The van der Waals surface area contributed by atoms with Gasteiger partial charge in [-0.1, -0.05) is 6.07 Å². The van der Waals surface area contributed by atoms with Crippen molar-refractivity contribution in [3.05, 3.63) is 22.4 Å². The molecule has 22 heavy (non-hydrogen) atoms. The zero-order chi connectivity index (χ0) is 15.5. The summed E-state index contributed by atoms with van der Waals surface area (Å²) in [6, 6.07) is 4.25. The van der Waals surface area contributed by atoms with Crippen molar-refractivity contribution in [3.63, 3.8) is 0 Å². The van der Waals surface area contributed by atoms with Gasteiger partial charge in [0.15, 0.2) is 0 Å². The predicted molar refractivity (Wildman–Crippen MR) is 86.5 cm³/mol. The van der Waals surface area contributed by atoms with Crippen LogP contribution in [0.15, 0.2) is 17.5 Å². The Kier molecular flexibility index (Phi) is 4.78. The molecule has 0 aliphatic carbocycles. The summed E-state index contributed by atoms with van der Waals surface area (Å²) >= 11 is 1.79. The van der Waals surface area contributed by atoms with Gasteiger partial charge in [0.1, 0.15) is 0 Å². The second-order valence-corrected chi connectivity index (χ2v) is 7.24. The van der Waals surface area contributed by atoms with E-state index in [9.17, 15) is 9.59 Å². The number of carbonyl (C=O) groups is 2. The normalized spacial score (nSPS) is 23.9. The quantitative estimate of drug-likeness (QED) is 0.842. The van der Waals surface area contributed by atoms with Crippen LogP contribution in [-0.4, -0.2) is 66.3 Å². The second kappa shape index (κ2) is 6.79. The smallest absolute Gasteiger partial charge is 0.228 e. The van der Waals surface area contributed by atoms with Crippen molar-refractivity contribution >= 4 is 23.2 Å². The molecule has 0 aromatic carbocycles. The summed E-state index contributed by atoms with van der Waals surface area (Å²) in [5.41, 5.74) is 0. The maximum atomic E-state index is 12.6. The van der Waals surface area contributed by atoms with Crippen LogP contribution in [0, 0.1) is 5.92 Å². The molecule has 1 aromatic heterocycles. The maximum absolute atomic E-state index is 12.6. The number of thiophene rings is 1. The van der Waals surface area contributed by atoms with E-state index in [4.69, 9.17) is 0 Å². The Morgan fingerprint density at radius 3 is 2.86 bits per heavy atom. The van der Waals surface area contributed by atoms with Gasteiger partial charge >= 0.3 is 0 Å². The Bertz CT molecular complexity index is 532. The van der Waals surface area contributed by atoms with Crippen LogP contribution in [-0.2, 0) is 16.1 Å². The van der Waals surface area contributed by atoms with Crippen LogP contribution in [0.2, 0.25) is 0 Å². The van der Waals surface area contributed by atoms with Crippen molar-refractivity contribution in [2.45, 2.75) is 19.4 Å². The molecule has 2 fully saturated rings. The highest BCUT2D eigenvalue weighted by Gasteiger charge is 2.35. The molecule has 2 amide bonds. The molecule has 2 aliphatic rings. The lowest BCUT2D eigenvalue weighted by atomic mass is 10.1. The molecule has 0 spiro atoms. The van der Waals surface area contributed by atoms with Crippen molar-refractivity contribution in [1.29, 1.82) is 0 Å². The van der Waals surface area contributed by atoms with E-state index in [0.717, 1.165) is 39.1 Å². The third-order valence-corrected chi connectivity index (χ3v) is 5.41. The molecular weight excluding hydrogens is 298 g/mol. The van der Waals surface area contributed by atoms with Crippen LogP contribution in [0.4, 0.5) is 0 Å². The molecule has 2 saturated heterocycles. The molecule has 2 aliphatic heterocycles. The van der Waals surface area contributed by atoms with Gasteiger partial charge in [-0.3, -0.25) is 14.5 Å².